The number of hydrogen-bond donors (Lipinski definition) is 2. The SMILES string of the molecule is O=C(O)C1CCC(CNCC2CCCCO2)O1. The maximum Gasteiger partial charge on any atom is 0.332 e. The van der Waals surface area contributed by atoms with Gasteiger partial charge in [0.2, 0.25) is 0 Å². The first-order chi connectivity index (χ1) is 8.25. The van der Waals surface area contributed by atoms with E-state index >= 15 is 0 Å². The van der Waals surface area contributed by atoms with Gasteiger partial charge >= 0.3 is 5.97 Å². The molecular formula is C12H21NO4. The molecule has 0 radical (unpaired) electrons. The quantitative estimate of drug-likeness (QED) is 0.746. The molecule has 0 aromatic carbocycles. The van der Waals surface area contributed by atoms with E-state index in [9.17, 15) is 4.79 Å². The summed E-state index contributed by atoms with van der Waals surface area (Å²) in [5.74, 6) is -0.844. The van der Waals surface area contributed by atoms with Crippen LogP contribution in [-0.2, 0) is 14.3 Å². The van der Waals surface area contributed by atoms with Crippen molar-refractivity contribution in [2.24, 2.45) is 0 Å². The molecule has 17 heavy (non-hydrogen) atoms. The van der Waals surface area contributed by atoms with E-state index in [1.54, 1.807) is 0 Å². The molecular weight excluding hydrogens is 222 g/mol. The van der Waals surface area contributed by atoms with Crippen LogP contribution in [0.3, 0.4) is 0 Å². The summed E-state index contributed by atoms with van der Waals surface area (Å²) in [6, 6.07) is 0. The Hall–Kier alpha value is -0.650. The third-order valence-corrected chi connectivity index (χ3v) is 3.40. The molecule has 2 N–H and O–H groups in total. The molecule has 2 aliphatic rings. The van der Waals surface area contributed by atoms with Gasteiger partial charge in [-0.3, -0.25) is 0 Å². The van der Waals surface area contributed by atoms with Crippen molar-refractivity contribution >= 4 is 5.97 Å². The van der Waals surface area contributed by atoms with Gasteiger partial charge in [0.25, 0.3) is 0 Å². The molecule has 0 amide bonds. The van der Waals surface area contributed by atoms with E-state index in [4.69, 9.17) is 14.6 Å². The van der Waals surface area contributed by atoms with Crippen molar-refractivity contribution in [3.05, 3.63) is 0 Å². The lowest BCUT2D eigenvalue weighted by Gasteiger charge is -2.23. The van der Waals surface area contributed by atoms with Crippen LogP contribution in [0.2, 0.25) is 0 Å². The van der Waals surface area contributed by atoms with Gasteiger partial charge < -0.3 is 19.9 Å². The van der Waals surface area contributed by atoms with E-state index in [1.807, 2.05) is 0 Å². The van der Waals surface area contributed by atoms with Crippen LogP contribution in [0.15, 0.2) is 0 Å². The molecule has 2 rings (SSSR count). The van der Waals surface area contributed by atoms with Gasteiger partial charge in [0.05, 0.1) is 12.2 Å². The maximum atomic E-state index is 10.7. The van der Waals surface area contributed by atoms with Crippen molar-refractivity contribution in [2.75, 3.05) is 19.7 Å². The summed E-state index contributed by atoms with van der Waals surface area (Å²) in [6.45, 7) is 2.44. The van der Waals surface area contributed by atoms with E-state index in [1.165, 1.54) is 12.8 Å². The van der Waals surface area contributed by atoms with Gasteiger partial charge in [0, 0.05) is 19.7 Å². The van der Waals surface area contributed by atoms with Gasteiger partial charge in [0.1, 0.15) is 0 Å². The van der Waals surface area contributed by atoms with Gasteiger partial charge in [-0.2, -0.15) is 0 Å². The highest BCUT2D eigenvalue weighted by molar-refractivity contribution is 5.72. The Labute approximate surface area is 101 Å². The van der Waals surface area contributed by atoms with Crippen LogP contribution in [0.1, 0.15) is 32.1 Å². The summed E-state index contributed by atoms with van der Waals surface area (Å²) in [5, 5.41) is 12.1. The number of ether oxygens (including phenoxy) is 2. The first kappa shape index (κ1) is 12.8. The summed E-state index contributed by atoms with van der Waals surface area (Å²) < 4.78 is 11.0. The van der Waals surface area contributed by atoms with E-state index in [0.717, 1.165) is 32.5 Å². The predicted octanol–water partition coefficient (Wildman–Crippen LogP) is 0.777. The second-order valence-electron chi connectivity index (χ2n) is 4.81. The Morgan fingerprint density at radius 3 is 2.65 bits per heavy atom. The first-order valence-electron chi connectivity index (χ1n) is 6.46. The summed E-state index contributed by atoms with van der Waals surface area (Å²) in [6.07, 6.45) is 4.75. The predicted molar refractivity (Wildman–Crippen MR) is 62.0 cm³/mol. The zero-order valence-corrected chi connectivity index (χ0v) is 10.1. The molecule has 5 heteroatoms. The Bertz CT molecular complexity index is 253. The number of carboxylic acids is 1. The minimum atomic E-state index is -0.844. The highest BCUT2D eigenvalue weighted by Gasteiger charge is 2.30. The second-order valence-corrected chi connectivity index (χ2v) is 4.81. The van der Waals surface area contributed by atoms with Crippen LogP contribution < -0.4 is 5.32 Å². The zero-order valence-electron chi connectivity index (χ0n) is 10.1. The van der Waals surface area contributed by atoms with Gasteiger partial charge in [-0.1, -0.05) is 0 Å². The molecule has 2 fully saturated rings. The maximum absolute atomic E-state index is 10.7. The molecule has 5 nitrogen and oxygen atoms in total. The zero-order chi connectivity index (χ0) is 12.1. The van der Waals surface area contributed by atoms with Crippen molar-refractivity contribution in [3.63, 3.8) is 0 Å². The fraction of sp³-hybridized carbons (Fsp3) is 0.917. The van der Waals surface area contributed by atoms with E-state index in [2.05, 4.69) is 5.32 Å². The number of aliphatic carboxylic acids is 1. The molecule has 0 aromatic heterocycles. The van der Waals surface area contributed by atoms with Crippen LogP contribution in [0.25, 0.3) is 0 Å². The van der Waals surface area contributed by atoms with Crippen molar-refractivity contribution < 1.29 is 19.4 Å². The molecule has 0 aliphatic carbocycles. The number of nitrogens with one attached hydrogen (secondary N) is 1. The Morgan fingerprint density at radius 1 is 1.18 bits per heavy atom. The topological polar surface area (TPSA) is 67.8 Å². The summed E-state index contributed by atoms with van der Waals surface area (Å²) in [5.41, 5.74) is 0. The van der Waals surface area contributed by atoms with Crippen LogP contribution in [-0.4, -0.2) is 49.1 Å². The van der Waals surface area contributed by atoms with Crippen molar-refractivity contribution in [3.8, 4) is 0 Å². The Morgan fingerprint density at radius 2 is 2.00 bits per heavy atom. The molecule has 2 aliphatic heterocycles. The lowest BCUT2D eigenvalue weighted by atomic mass is 10.1. The second kappa shape index (κ2) is 6.33. The lowest BCUT2D eigenvalue weighted by molar-refractivity contribution is -0.149. The summed E-state index contributed by atoms with van der Waals surface area (Å²) in [7, 11) is 0. The number of carboxylic acid groups (broad SMARTS) is 1. The number of carbonyl (C=O) groups is 1. The first-order valence-corrected chi connectivity index (χ1v) is 6.46. The average molecular weight is 243 g/mol. The standard InChI is InChI=1S/C12H21NO4/c14-12(15)11-5-4-10(17-11)8-13-7-9-3-1-2-6-16-9/h9-11,13H,1-8H2,(H,14,15). The molecule has 0 saturated carbocycles. The van der Waals surface area contributed by atoms with E-state index in [0.29, 0.717) is 12.5 Å². The normalized spacial score (nSPS) is 33.8. The van der Waals surface area contributed by atoms with Crippen LogP contribution in [0.4, 0.5) is 0 Å². The highest BCUT2D eigenvalue weighted by atomic mass is 16.5. The van der Waals surface area contributed by atoms with Gasteiger partial charge in [-0.25, -0.2) is 4.79 Å². The van der Waals surface area contributed by atoms with Crippen molar-refractivity contribution in [1.29, 1.82) is 0 Å². The molecule has 3 atom stereocenters. The largest absolute Gasteiger partial charge is 0.479 e. The summed E-state index contributed by atoms with van der Waals surface area (Å²) >= 11 is 0. The molecule has 2 saturated heterocycles. The fourth-order valence-electron chi connectivity index (χ4n) is 2.41. The minimum Gasteiger partial charge on any atom is -0.479 e. The van der Waals surface area contributed by atoms with Crippen LogP contribution in [0, 0.1) is 0 Å². The van der Waals surface area contributed by atoms with Crippen molar-refractivity contribution in [2.45, 2.75) is 50.4 Å². The summed E-state index contributed by atoms with van der Waals surface area (Å²) in [4.78, 5) is 10.7. The Kier molecular flexibility index (Phi) is 4.76. The molecule has 98 valence electrons. The minimum absolute atomic E-state index is 0.0414. The lowest BCUT2D eigenvalue weighted by Crippen LogP contribution is -2.36. The number of hydrogen-bond acceptors (Lipinski definition) is 4. The fourth-order valence-corrected chi connectivity index (χ4v) is 2.41. The van der Waals surface area contributed by atoms with Gasteiger partial charge in [-0.05, 0) is 32.1 Å². The molecule has 3 unspecified atom stereocenters. The van der Waals surface area contributed by atoms with Crippen LogP contribution in [0.5, 0.6) is 0 Å². The molecule has 0 spiro atoms. The molecule has 0 aromatic rings. The van der Waals surface area contributed by atoms with Crippen molar-refractivity contribution in [1.82, 2.24) is 5.32 Å². The third-order valence-electron chi connectivity index (χ3n) is 3.40. The molecule has 2 heterocycles. The molecule has 0 bridgehead atoms. The Balaban J connectivity index is 1.58. The van der Waals surface area contributed by atoms with Crippen LogP contribution >= 0.6 is 0 Å². The smallest absolute Gasteiger partial charge is 0.332 e. The van der Waals surface area contributed by atoms with E-state index in [-0.39, 0.29) is 6.10 Å². The average Bonchev–Trinajstić information content (AvgIpc) is 2.79. The number of rotatable bonds is 5. The van der Waals surface area contributed by atoms with E-state index < -0.39 is 12.1 Å². The van der Waals surface area contributed by atoms with Gasteiger partial charge in [-0.15, -0.1) is 0 Å². The monoisotopic (exact) mass is 243 g/mol. The third kappa shape index (κ3) is 3.94. The van der Waals surface area contributed by atoms with Gasteiger partial charge in [0.15, 0.2) is 6.10 Å². The highest BCUT2D eigenvalue weighted by Crippen LogP contribution is 2.19.